The Labute approximate surface area is 169 Å². The van der Waals surface area contributed by atoms with E-state index in [0.717, 1.165) is 17.0 Å². The Bertz CT molecular complexity index is 972. The van der Waals surface area contributed by atoms with Crippen LogP contribution in [0.4, 0.5) is 0 Å². The third kappa shape index (κ3) is 5.42. The van der Waals surface area contributed by atoms with E-state index in [9.17, 15) is 4.79 Å². The van der Waals surface area contributed by atoms with Gasteiger partial charge in [0, 0.05) is 31.3 Å². The molecule has 3 rings (SSSR count). The molecule has 29 heavy (non-hydrogen) atoms. The van der Waals surface area contributed by atoms with E-state index in [0.29, 0.717) is 24.8 Å². The van der Waals surface area contributed by atoms with Gasteiger partial charge in [0.1, 0.15) is 24.7 Å². The van der Waals surface area contributed by atoms with Crippen LogP contribution in [0.25, 0.3) is 0 Å². The lowest BCUT2D eigenvalue weighted by Crippen LogP contribution is -2.25. The number of methoxy groups -OCH3 is 1. The summed E-state index contributed by atoms with van der Waals surface area (Å²) in [5.41, 5.74) is 1.71. The first-order valence-electron chi connectivity index (χ1n) is 9.42. The minimum Gasteiger partial charge on any atom is -0.491 e. The molecule has 3 aromatic rings. The monoisotopic (exact) mass is 395 g/mol. The van der Waals surface area contributed by atoms with Crippen LogP contribution in [0.15, 0.2) is 59.7 Å². The van der Waals surface area contributed by atoms with Gasteiger partial charge in [0.25, 0.3) is 5.56 Å². The van der Waals surface area contributed by atoms with Crippen molar-refractivity contribution in [3.63, 3.8) is 0 Å². The molecule has 0 spiro atoms. The SMILES string of the molecule is COCCOc1ccc([C@@H](C)n2c(C)cc(OCc3ncccn3)cc2=O)cc1. The maximum absolute atomic E-state index is 12.7. The van der Waals surface area contributed by atoms with Crippen LogP contribution in [0.5, 0.6) is 11.5 Å². The summed E-state index contributed by atoms with van der Waals surface area (Å²) in [6.45, 7) is 5.14. The normalized spacial score (nSPS) is 11.8. The van der Waals surface area contributed by atoms with Crippen molar-refractivity contribution < 1.29 is 14.2 Å². The summed E-state index contributed by atoms with van der Waals surface area (Å²) in [6, 6.07) is 12.7. The van der Waals surface area contributed by atoms with E-state index in [1.807, 2.05) is 44.2 Å². The van der Waals surface area contributed by atoms with Crippen molar-refractivity contribution in [3.8, 4) is 11.5 Å². The van der Waals surface area contributed by atoms with Gasteiger partial charge in [-0.15, -0.1) is 0 Å². The fourth-order valence-electron chi connectivity index (χ4n) is 3.05. The lowest BCUT2D eigenvalue weighted by atomic mass is 10.1. The van der Waals surface area contributed by atoms with Crippen LogP contribution in [-0.2, 0) is 11.3 Å². The first-order chi connectivity index (χ1) is 14.1. The van der Waals surface area contributed by atoms with E-state index in [4.69, 9.17) is 14.2 Å². The van der Waals surface area contributed by atoms with Gasteiger partial charge in [-0.3, -0.25) is 4.79 Å². The minimum atomic E-state index is -0.123. The van der Waals surface area contributed by atoms with Crippen LogP contribution in [0.2, 0.25) is 0 Å². The Morgan fingerprint density at radius 2 is 1.72 bits per heavy atom. The standard InChI is InChI=1S/C22H25N3O4/c1-16-13-20(29-15-21-23-9-4-10-24-21)14-22(26)25(16)17(2)18-5-7-19(8-6-18)28-12-11-27-3/h4-10,13-14,17H,11-12,15H2,1-3H3/t17-/m1/s1. The van der Waals surface area contributed by atoms with E-state index in [1.165, 1.54) is 6.07 Å². The molecule has 0 saturated carbocycles. The molecule has 0 saturated heterocycles. The second kappa shape index (κ2) is 9.84. The van der Waals surface area contributed by atoms with Crippen molar-refractivity contribution in [1.82, 2.24) is 14.5 Å². The average Bonchev–Trinajstić information content (AvgIpc) is 2.73. The van der Waals surface area contributed by atoms with Crippen LogP contribution in [0.3, 0.4) is 0 Å². The summed E-state index contributed by atoms with van der Waals surface area (Å²) in [7, 11) is 1.64. The van der Waals surface area contributed by atoms with E-state index in [-0.39, 0.29) is 18.2 Å². The molecule has 7 nitrogen and oxygen atoms in total. The molecule has 0 amide bonds. The Balaban J connectivity index is 1.72. The zero-order valence-electron chi connectivity index (χ0n) is 16.9. The van der Waals surface area contributed by atoms with Gasteiger partial charge in [0.15, 0.2) is 5.82 Å². The van der Waals surface area contributed by atoms with Crippen molar-refractivity contribution in [3.05, 3.63) is 82.3 Å². The number of ether oxygens (including phenoxy) is 3. The molecule has 0 N–H and O–H groups in total. The number of hydrogen-bond acceptors (Lipinski definition) is 6. The predicted octanol–water partition coefficient (Wildman–Crippen LogP) is 3.16. The number of rotatable bonds is 9. The van der Waals surface area contributed by atoms with Gasteiger partial charge >= 0.3 is 0 Å². The molecule has 0 bridgehead atoms. The zero-order valence-corrected chi connectivity index (χ0v) is 16.9. The highest BCUT2D eigenvalue weighted by molar-refractivity contribution is 5.31. The molecule has 0 fully saturated rings. The van der Waals surface area contributed by atoms with Gasteiger partial charge in [0.05, 0.1) is 12.6 Å². The molecule has 2 heterocycles. The van der Waals surface area contributed by atoms with Crippen molar-refractivity contribution in [2.24, 2.45) is 0 Å². The fraction of sp³-hybridized carbons (Fsp3) is 0.318. The summed E-state index contributed by atoms with van der Waals surface area (Å²) in [5.74, 6) is 1.84. The number of nitrogens with zero attached hydrogens (tertiary/aromatic N) is 3. The Hall–Kier alpha value is -3.19. The molecule has 7 heteroatoms. The smallest absolute Gasteiger partial charge is 0.254 e. The summed E-state index contributed by atoms with van der Waals surface area (Å²) in [5, 5.41) is 0. The third-order valence-electron chi connectivity index (χ3n) is 4.53. The molecule has 1 atom stereocenters. The van der Waals surface area contributed by atoms with Gasteiger partial charge in [-0.25, -0.2) is 9.97 Å². The number of hydrogen-bond donors (Lipinski definition) is 0. The number of benzene rings is 1. The molecule has 0 unspecified atom stereocenters. The number of pyridine rings is 1. The molecule has 0 radical (unpaired) electrons. The number of aryl methyl sites for hydroxylation is 1. The minimum absolute atomic E-state index is 0.123. The first-order valence-corrected chi connectivity index (χ1v) is 9.42. The van der Waals surface area contributed by atoms with Crippen molar-refractivity contribution >= 4 is 0 Å². The average molecular weight is 395 g/mol. The topological polar surface area (TPSA) is 75.5 Å². The second-order valence-electron chi connectivity index (χ2n) is 6.58. The van der Waals surface area contributed by atoms with Gasteiger partial charge in [-0.1, -0.05) is 12.1 Å². The van der Waals surface area contributed by atoms with Crippen molar-refractivity contribution in [1.29, 1.82) is 0 Å². The maximum Gasteiger partial charge on any atom is 0.254 e. The summed E-state index contributed by atoms with van der Waals surface area (Å²) < 4.78 is 18.0. The Kier molecular flexibility index (Phi) is 6.97. The lowest BCUT2D eigenvalue weighted by Gasteiger charge is -2.20. The maximum atomic E-state index is 12.7. The molecule has 0 aliphatic heterocycles. The highest BCUT2D eigenvalue weighted by Gasteiger charge is 2.14. The van der Waals surface area contributed by atoms with Gasteiger partial charge in [-0.05, 0) is 43.7 Å². The molecular formula is C22H25N3O4. The molecule has 1 aromatic carbocycles. The molecule has 0 aliphatic rings. The predicted molar refractivity (Wildman–Crippen MR) is 109 cm³/mol. The van der Waals surface area contributed by atoms with E-state index < -0.39 is 0 Å². The zero-order chi connectivity index (χ0) is 20.6. The Morgan fingerprint density at radius 3 is 2.38 bits per heavy atom. The lowest BCUT2D eigenvalue weighted by molar-refractivity contribution is 0.146. The molecule has 152 valence electrons. The highest BCUT2D eigenvalue weighted by atomic mass is 16.5. The van der Waals surface area contributed by atoms with Crippen LogP contribution in [0, 0.1) is 6.92 Å². The van der Waals surface area contributed by atoms with E-state index in [2.05, 4.69) is 9.97 Å². The summed E-state index contributed by atoms with van der Waals surface area (Å²) in [4.78, 5) is 21.0. The van der Waals surface area contributed by atoms with Crippen molar-refractivity contribution in [2.45, 2.75) is 26.5 Å². The van der Waals surface area contributed by atoms with Crippen LogP contribution in [-0.4, -0.2) is 34.9 Å². The molecule has 0 aliphatic carbocycles. The van der Waals surface area contributed by atoms with Crippen molar-refractivity contribution in [2.75, 3.05) is 20.3 Å². The molecular weight excluding hydrogens is 370 g/mol. The fourth-order valence-corrected chi connectivity index (χ4v) is 3.05. The van der Waals surface area contributed by atoms with Crippen LogP contribution >= 0.6 is 0 Å². The van der Waals surface area contributed by atoms with Gasteiger partial charge in [-0.2, -0.15) is 0 Å². The highest BCUT2D eigenvalue weighted by Crippen LogP contribution is 2.22. The Morgan fingerprint density at radius 1 is 1.00 bits per heavy atom. The van der Waals surface area contributed by atoms with E-state index in [1.54, 1.807) is 30.1 Å². The van der Waals surface area contributed by atoms with E-state index >= 15 is 0 Å². The number of aromatic nitrogens is 3. The first kappa shape index (κ1) is 20.5. The quantitative estimate of drug-likeness (QED) is 0.518. The van der Waals surface area contributed by atoms with Crippen LogP contribution in [0.1, 0.15) is 30.0 Å². The summed E-state index contributed by atoms with van der Waals surface area (Å²) in [6.07, 6.45) is 3.31. The summed E-state index contributed by atoms with van der Waals surface area (Å²) >= 11 is 0. The largest absolute Gasteiger partial charge is 0.491 e. The van der Waals surface area contributed by atoms with Gasteiger partial charge < -0.3 is 18.8 Å². The third-order valence-corrected chi connectivity index (χ3v) is 4.53. The molecule has 2 aromatic heterocycles. The van der Waals surface area contributed by atoms with Gasteiger partial charge in [0.2, 0.25) is 0 Å². The van der Waals surface area contributed by atoms with Crippen LogP contribution < -0.4 is 15.0 Å². The second-order valence-corrected chi connectivity index (χ2v) is 6.58.